The van der Waals surface area contributed by atoms with Gasteiger partial charge in [0, 0.05) is 23.2 Å². The van der Waals surface area contributed by atoms with Crippen LogP contribution in [0.5, 0.6) is 0 Å². The molecule has 2 fully saturated rings. The molecule has 1 heterocycles. The first kappa shape index (κ1) is 18.7. The number of anilines is 1. The predicted octanol–water partition coefficient (Wildman–Crippen LogP) is 3.33. The van der Waals surface area contributed by atoms with Gasteiger partial charge in [0.2, 0.25) is 15.9 Å². The zero-order valence-electron chi connectivity index (χ0n) is 14.6. The third-order valence-corrected chi connectivity index (χ3v) is 7.65. The van der Waals surface area contributed by atoms with Gasteiger partial charge < -0.3 is 5.32 Å². The molecule has 1 saturated heterocycles. The van der Waals surface area contributed by atoms with E-state index < -0.39 is 10.0 Å². The summed E-state index contributed by atoms with van der Waals surface area (Å²) in [5, 5.41) is 3.68. The topological polar surface area (TPSA) is 66.5 Å². The van der Waals surface area contributed by atoms with E-state index in [1.165, 1.54) is 36.2 Å². The van der Waals surface area contributed by atoms with Gasteiger partial charge in [-0.3, -0.25) is 4.79 Å². The van der Waals surface area contributed by atoms with Gasteiger partial charge >= 0.3 is 0 Å². The van der Waals surface area contributed by atoms with Crippen LogP contribution in [0, 0.1) is 5.92 Å². The van der Waals surface area contributed by atoms with Crippen molar-refractivity contribution in [3.8, 4) is 0 Å². The maximum Gasteiger partial charge on any atom is 0.228 e. The first-order valence-electron chi connectivity index (χ1n) is 8.95. The molecule has 1 N–H and O–H groups in total. The number of sulfonamides is 1. The van der Waals surface area contributed by atoms with Gasteiger partial charge in [0.15, 0.2) is 0 Å². The Morgan fingerprint density at radius 1 is 1.16 bits per heavy atom. The van der Waals surface area contributed by atoms with E-state index in [1.54, 1.807) is 0 Å². The lowest BCUT2D eigenvalue weighted by molar-refractivity contribution is -0.120. The number of amides is 1. The molecule has 1 aliphatic carbocycles. The van der Waals surface area contributed by atoms with Crippen LogP contribution in [0.25, 0.3) is 0 Å². The maximum atomic E-state index is 12.7. The Kier molecular flexibility index (Phi) is 6.07. The van der Waals surface area contributed by atoms with E-state index in [9.17, 15) is 13.2 Å². The van der Waals surface area contributed by atoms with Crippen molar-refractivity contribution in [2.75, 3.05) is 24.7 Å². The average Bonchev–Trinajstić information content (AvgIpc) is 3.09. The van der Waals surface area contributed by atoms with Crippen molar-refractivity contribution in [2.24, 2.45) is 5.92 Å². The second-order valence-electron chi connectivity index (χ2n) is 6.97. The fourth-order valence-corrected chi connectivity index (χ4v) is 5.79. The third kappa shape index (κ3) is 4.99. The van der Waals surface area contributed by atoms with Crippen LogP contribution < -0.4 is 5.32 Å². The predicted molar refractivity (Wildman–Crippen MR) is 102 cm³/mol. The highest BCUT2D eigenvalue weighted by Gasteiger charge is 2.30. The first-order chi connectivity index (χ1) is 11.9. The number of piperidine rings is 1. The van der Waals surface area contributed by atoms with Crippen LogP contribution >= 0.6 is 11.8 Å². The van der Waals surface area contributed by atoms with Gasteiger partial charge in [0.05, 0.1) is 17.9 Å². The van der Waals surface area contributed by atoms with Gasteiger partial charge in [-0.25, -0.2) is 12.7 Å². The minimum Gasteiger partial charge on any atom is -0.325 e. The van der Waals surface area contributed by atoms with Gasteiger partial charge in [0.25, 0.3) is 0 Å². The molecule has 0 radical (unpaired) electrons. The Hall–Kier alpha value is -1.05. The maximum absolute atomic E-state index is 12.7. The highest BCUT2D eigenvalue weighted by atomic mass is 32.2. The van der Waals surface area contributed by atoms with Crippen molar-refractivity contribution in [1.82, 2.24) is 4.31 Å². The summed E-state index contributed by atoms with van der Waals surface area (Å²) in [7, 11) is -3.24. The van der Waals surface area contributed by atoms with Crippen molar-refractivity contribution in [1.29, 1.82) is 0 Å². The highest BCUT2D eigenvalue weighted by molar-refractivity contribution is 8.00. The van der Waals surface area contributed by atoms with Gasteiger partial charge in [-0.1, -0.05) is 25.0 Å². The Morgan fingerprint density at radius 2 is 1.88 bits per heavy atom. The summed E-state index contributed by atoms with van der Waals surface area (Å²) in [5.41, 5.74) is 0.848. The van der Waals surface area contributed by atoms with Crippen LogP contribution in [-0.4, -0.2) is 43.2 Å². The van der Waals surface area contributed by atoms with Gasteiger partial charge in [-0.2, -0.15) is 0 Å². The molecule has 2 aliphatic rings. The Labute approximate surface area is 154 Å². The van der Waals surface area contributed by atoms with E-state index in [-0.39, 0.29) is 18.4 Å². The molecule has 0 unspecified atom stereocenters. The summed E-state index contributed by atoms with van der Waals surface area (Å²) in [4.78, 5) is 13.8. The largest absolute Gasteiger partial charge is 0.325 e. The SMILES string of the molecule is CS(=O)(=O)N1CCC[C@H](C(=O)Nc2ccccc2SC2CCCC2)C1. The molecule has 1 atom stereocenters. The quantitative estimate of drug-likeness (QED) is 0.848. The lowest BCUT2D eigenvalue weighted by Crippen LogP contribution is -2.43. The van der Waals surface area contributed by atoms with E-state index in [0.717, 1.165) is 23.4 Å². The molecule has 3 rings (SSSR count). The minimum absolute atomic E-state index is 0.0761. The van der Waals surface area contributed by atoms with Crippen LogP contribution in [-0.2, 0) is 14.8 Å². The molecular weight excluding hydrogens is 356 g/mol. The van der Waals surface area contributed by atoms with E-state index >= 15 is 0 Å². The molecule has 0 bridgehead atoms. The lowest BCUT2D eigenvalue weighted by Gasteiger charge is -2.30. The lowest BCUT2D eigenvalue weighted by atomic mass is 9.99. The summed E-state index contributed by atoms with van der Waals surface area (Å²) in [6, 6.07) is 7.92. The van der Waals surface area contributed by atoms with E-state index in [0.29, 0.717) is 11.8 Å². The normalized spacial score (nSPS) is 22.8. The minimum atomic E-state index is -3.24. The molecule has 1 aliphatic heterocycles. The standard InChI is InChI=1S/C18H26N2O3S2/c1-25(22,23)20-12-6-7-14(13-20)18(21)19-16-10-4-5-11-17(16)24-15-8-2-3-9-15/h4-5,10-11,14-15H,2-3,6-9,12-13H2,1H3,(H,19,21)/t14-/m0/s1. The number of carbonyl (C=O) groups excluding carboxylic acids is 1. The monoisotopic (exact) mass is 382 g/mol. The van der Waals surface area contributed by atoms with Gasteiger partial charge in [-0.15, -0.1) is 11.8 Å². The summed E-state index contributed by atoms with van der Waals surface area (Å²) in [6.45, 7) is 0.791. The van der Waals surface area contributed by atoms with E-state index in [2.05, 4.69) is 11.4 Å². The molecule has 25 heavy (non-hydrogen) atoms. The van der Waals surface area contributed by atoms with E-state index in [4.69, 9.17) is 0 Å². The molecule has 1 saturated carbocycles. The fraction of sp³-hybridized carbons (Fsp3) is 0.611. The number of benzene rings is 1. The van der Waals surface area contributed by atoms with Crippen LogP contribution in [0.2, 0.25) is 0 Å². The number of para-hydroxylation sites is 1. The Balaban J connectivity index is 1.66. The molecule has 0 aromatic heterocycles. The number of nitrogens with one attached hydrogen (secondary N) is 1. The molecule has 7 heteroatoms. The summed E-state index contributed by atoms with van der Waals surface area (Å²) >= 11 is 1.85. The smallest absolute Gasteiger partial charge is 0.228 e. The van der Waals surface area contributed by atoms with Crippen molar-refractivity contribution >= 4 is 33.4 Å². The van der Waals surface area contributed by atoms with Crippen LogP contribution in [0.1, 0.15) is 38.5 Å². The zero-order chi connectivity index (χ0) is 17.9. The number of carbonyl (C=O) groups is 1. The molecule has 1 aromatic carbocycles. The first-order valence-corrected chi connectivity index (χ1v) is 11.7. The number of hydrogen-bond donors (Lipinski definition) is 1. The fourth-order valence-electron chi connectivity index (χ4n) is 3.55. The van der Waals surface area contributed by atoms with Crippen molar-refractivity contribution in [2.45, 2.75) is 48.7 Å². The molecule has 5 nitrogen and oxygen atoms in total. The number of hydrogen-bond acceptors (Lipinski definition) is 4. The second kappa shape index (κ2) is 8.10. The second-order valence-corrected chi connectivity index (χ2v) is 10.3. The van der Waals surface area contributed by atoms with Crippen molar-refractivity contribution in [3.63, 3.8) is 0 Å². The molecule has 0 spiro atoms. The van der Waals surface area contributed by atoms with Crippen molar-refractivity contribution in [3.05, 3.63) is 24.3 Å². The third-order valence-electron chi connectivity index (χ3n) is 4.96. The summed E-state index contributed by atoms with van der Waals surface area (Å²) < 4.78 is 24.9. The molecule has 138 valence electrons. The van der Waals surface area contributed by atoms with Crippen LogP contribution in [0.3, 0.4) is 0 Å². The number of rotatable bonds is 5. The molecule has 1 amide bonds. The molecular formula is C18H26N2O3S2. The van der Waals surface area contributed by atoms with Crippen molar-refractivity contribution < 1.29 is 13.2 Å². The van der Waals surface area contributed by atoms with Gasteiger partial charge in [0.1, 0.15) is 0 Å². The average molecular weight is 383 g/mol. The molecule has 1 aromatic rings. The summed E-state index contributed by atoms with van der Waals surface area (Å²) in [5.74, 6) is -0.360. The van der Waals surface area contributed by atoms with E-state index in [1.807, 2.05) is 30.0 Å². The number of nitrogens with zero attached hydrogens (tertiary/aromatic N) is 1. The Morgan fingerprint density at radius 3 is 2.60 bits per heavy atom. The highest BCUT2D eigenvalue weighted by Crippen LogP contribution is 2.38. The zero-order valence-corrected chi connectivity index (χ0v) is 16.2. The Bertz CT molecular complexity index is 715. The van der Waals surface area contributed by atoms with Gasteiger partial charge in [-0.05, 0) is 37.8 Å². The van der Waals surface area contributed by atoms with Crippen LogP contribution in [0.15, 0.2) is 29.2 Å². The van der Waals surface area contributed by atoms with Crippen LogP contribution in [0.4, 0.5) is 5.69 Å². The summed E-state index contributed by atoms with van der Waals surface area (Å²) in [6.07, 6.45) is 7.71. The number of thioether (sulfide) groups is 1.